The van der Waals surface area contributed by atoms with E-state index in [-0.39, 0.29) is 47.2 Å². The van der Waals surface area contributed by atoms with Crippen molar-refractivity contribution in [1.82, 2.24) is 4.98 Å². The number of nitro groups is 1. The number of nitriles is 1. The van der Waals surface area contributed by atoms with Gasteiger partial charge in [0.1, 0.15) is 19.3 Å². The van der Waals surface area contributed by atoms with Crippen LogP contribution in [-0.4, -0.2) is 23.1 Å². The number of aromatic nitrogens is 1. The van der Waals surface area contributed by atoms with Crippen molar-refractivity contribution >= 4 is 17.3 Å². The van der Waals surface area contributed by atoms with E-state index in [1.165, 1.54) is 18.2 Å². The number of nitro benzene ring substituents is 1. The summed E-state index contributed by atoms with van der Waals surface area (Å²) in [5.74, 6) is 0.479. The third-order valence-corrected chi connectivity index (χ3v) is 3.68. The lowest BCUT2D eigenvalue weighted by molar-refractivity contribution is -0.385. The van der Waals surface area contributed by atoms with Crippen LogP contribution >= 0.6 is 0 Å². The Morgan fingerprint density at radius 1 is 1.26 bits per heavy atom. The topological polar surface area (TPSA) is 98.3 Å². The van der Waals surface area contributed by atoms with Gasteiger partial charge in [-0.15, -0.1) is 0 Å². The number of rotatable bonds is 3. The van der Waals surface area contributed by atoms with Crippen LogP contribution in [0.1, 0.15) is 16.8 Å². The van der Waals surface area contributed by atoms with Crippen molar-refractivity contribution in [2.75, 3.05) is 13.2 Å². The van der Waals surface area contributed by atoms with Crippen LogP contribution in [0.25, 0.3) is 11.6 Å². The molecule has 0 amide bonds. The Hall–Kier alpha value is -3.61. The minimum atomic E-state index is -4.56. The van der Waals surface area contributed by atoms with Crippen molar-refractivity contribution in [1.29, 1.82) is 5.26 Å². The van der Waals surface area contributed by atoms with E-state index >= 15 is 0 Å². The van der Waals surface area contributed by atoms with Crippen LogP contribution < -0.4 is 9.47 Å². The second-order valence-corrected chi connectivity index (χ2v) is 5.41. The number of nitrogens with zero attached hydrogens (tertiary/aromatic N) is 3. The van der Waals surface area contributed by atoms with E-state index < -0.39 is 16.7 Å². The van der Waals surface area contributed by atoms with Crippen molar-refractivity contribution in [3.8, 4) is 17.6 Å². The minimum absolute atomic E-state index is 0.0440. The number of ether oxygens (including phenoxy) is 2. The van der Waals surface area contributed by atoms with Crippen LogP contribution in [0.3, 0.4) is 0 Å². The first-order valence-corrected chi connectivity index (χ1v) is 7.53. The molecular weight excluding hydrogens is 367 g/mol. The molecule has 2 heterocycles. The summed E-state index contributed by atoms with van der Waals surface area (Å²) in [5.41, 5.74) is -1.44. The number of alkyl halides is 3. The molecule has 2 aromatic rings. The minimum Gasteiger partial charge on any atom is -0.486 e. The lowest BCUT2D eigenvalue weighted by Crippen LogP contribution is -2.15. The molecule has 1 aliphatic rings. The molecule has 0 atom stereocenters. The first-order valence-electron chi connectivity index (χ1n) is 7.53. The van der Waals surface area contributed by atoms with E-state index in [0.717, 1.165) is 12.1 Å². The fourth-order valence-electron chi connectivity index (χ4n) is 2.41. The Morgan fingerprint density at radius 2 is 1.93 bits per heavy atom. The van der Waals surface area contributed by atoms with Gasteiger partial charge in [-0.05, 0) is 24.3 Å². The highest BCUT2D eigenvalue weighted by Gasteiger charge is 2.30. The maximum Gasteiger partial charge on any atom is 0.417 e. The van der Waals surface area contributed by atoms with Gasteiger partial charge in [-0.2, -0.15) is 18.4 Å². The molecule has 0 saturated heterocycles. The van der Waals surface area contributed by atoms with Crippen LogP contribution in [0.5, 0.6) is 11.5 Å². The summed E-state index contributed by atoms with van der Waals surface area (Å²) in [4.78, 5) is 14.3. The number of fused-ring (bicyclic) bond motifs is 1. The summed E-state index contributed by atoms with van der Waals surface area (Å²) in [5, 5.41) is 20.7. The Balaban J connectivity index is 2.05. The molecule has 0 fully saturated rings. The number of benzene rings is 1. The Bertz CT molecular complexity index is 963. The largest absolute Gasteiger partial charge is 0.486 e. The smallest absolute Gasteiger partial charge is 0.417 e. The molecule has 10 heteroatoms. The maximum absolute atomic E-state index is 12.6. The first kappa shape index (κ1) is 18.2. The normalized spacial score (nSPS) is 13.8. The number of halogens is 3. The fraction of sp³-hybridized carbons (Fsp3) is 0.176. The van der Waals surface area contributed by atoms with Gasteiger partial charge in [-0.3, -0.25) is 15.1 Å². The molecule has 0 radical (unpaired) electrons. The first-order chi connectivity index (χ1) is 12.8. The lowest BCUT2D eigenvalue weighted by Gasteiger charge is -2.18. The van der Waals surface area contributed by atoms with Crippen molar-refractivity contribution < 1.29 is 27.6 Å². The number of hydrogen-bond donors (Lipinski definition) is 0. The van der Waals surface area contributed by atoms with Gasteiger partial charge in [-0.1, -0.05) is 0 Å². The third kappa shape index (κ3) is 3.82. The maximum atomic E-state index is 12.6. The highest BCUT2D eigenvalue weighted by molar-refractivity contribution is 5.90. The lowest BCUT2D eigenvalue weighted by atomic mass is 10.1. The van der Waals surface area contributed by atoms with Gasteiger partial charge in [-0.25, -0.2) is 0 Å². The fourth-order valence-corrected chi connectivity index (χ4v) is 2.41. The van der Waals surface area contributed by atoms with E-state index in [2.05, 4.69) is 4.98 Å². The number of hydrogen-bond acceptors (Lipinski definition) is 6. The van der Waals surface area contributed by atoms with Crippen molar-refractivity contribution in [3.63, 3.8) is 0 Å². The molecule has 1 aliphatic heterocycles. The SMILES string of the molecule is N#C/C(=C\c1cc2c(cc1[N+](=O)[O-])OCCO2)c1ccc(C(F)(F)F)cn1. The zero-order valence-electron chi connectivity index (χ0n) is 13.5. The predicted octanol–water partition coefficient (Wildman–Crippen LogP) is 3.84. The van der Waals surface area contributed by atoms with Crippen molar-refractivity contribution in [2.45, 2.75) is 6.18 Å². The van der Waals surface area contributed by atoms with Crippen LogP contribution in [-0.2, 0) is 6.18 Å². The monoisotopic (exact) mass is 377 g/mol. The van der Waals surface area contributed by atoms with Gasteiger partial charge in [0.15, 0.2) is 11.5 Å². The molecule has 27 heavy (non-hydrogen) atoms. The van der Waals surface area contributed by atoms with Gasteiger partial charge in [0.05, 0.1) is 33.4 Å². The van der Waals surface area contributed by atoms with Gasteiger partial charge in [0, 0.05) is 6.20 Å². The van der Waals surface area contributed by atoms with Crippen LogP contribution in [0.4, 0.5) is 18.9 Å². The molecule has 0 spiro atoms. The predicted molar refractivity (Wildman–Crippen MR) is 86.8 cm³/mol. The van der Waals surface area contributed by atoms with Crippen molar-refractivity contribution in [2.24, 2.45) is 0 Å². The van der Waals surface area contributed by atoms with Gasteiger partial charge < -0.3 is 9.47 Å². The second-order valence-electron chi connectivity index (χ2n) is 5.41. The number of allylic oxidation sites excluding steroid dienone is 1. The summed E-state index contributed by atoms with van der Waals surface area (Å²) in [6.07, 6.45) is -2.79. The standard InChI is InChI=1S/C17H10F3N3O4/c18-17(19,20)12-1-2-13(22-9-12)11(8-21)5-10-6-15-16(27-4-3-26-15)7-14(10)23(24)25/h1-2,5-7,9H,3-4H2/b11-5+. The van der Waals surface area contributed by atoms with Crippen LogP contribution in [0.15, 0.2) is 30.5 Å². The summed E-state index contributed by atoms with van der Waals surface area (Å²) in [6.45, 7) is 0.512. The van der Waals surface area contributed by atoms with E-state index in [0.29, 0.717) is 6.20 Å². The third-order valence-electron chi connectivity index (χ3n) is 3.68. The van der Waals surface area contributed by atoms with Gasteiger partial charge >= 0.3 is 6.18 Å². The molecule has 0 bridgehead atoms. The molecular formula is C17H10F3N3O4. The molecule has 7 nitrogen and oxygen atoms in total. The Kier molecular flexibility index (Phi) is 4.68. The molecule has 1 aromatic heterocycles. The van der Waals surface area contributed by atoms with Crippen molar-refractivity contribution in [3.05, 3.63) is 57.4 Å². The average Bonchev–Trinajstić information content (AvgIpc) is 2.64. The Morgan fingerprint density at radius 3 is 2.44 bits per heavy atom. The zero-order chi connectivity index (χ0) is 19.6. The van der Waals surface area contributed by atoms with E-state index in [4.69, 9.17) is 9.47 Å². The van der Waals surface area contributed by atoms with E-state index in [1.54, 1.807) is 6.07 Å². The summed E-state index contributed by atoms with van der Waals surface area (Å²) in [7, 11) is 0. The average molecular weight is 377 g/mol. The Labute approximate surface area is 150 Å². The molecule has 0 aliphatic carbocycles. The van der Waals surface area contributed by atoms with Crippen LogP contribution in [0, 0.1) is 21.4 Å². The van der Waals surface area contributed by atoms with Crippen LogP contribution in [0.2, 0.25) is 0 Å². The zero-order valence-corrected chi connectivity index (χ0v) is 13.5. The van der Waals surface area contributed by atoms with Gasteiger partial charge in [0.2, 0.25) is 0 Å². The summed E-state index contributed by atoms with van der Waals surface area (Å²) in [6, 6.07) is 6.12. The molecule has 3 rings (SSSR count). The quantitative estimate of drug-likeness (QED) is 0.458. The molecule has 0 N–H and O–H groups in total. The van der Waals surface area contributed by atoms with E-state index in [9.17, 15) is 28.5 Å². The van der Waals surface area contributed by atoms with E-state index in [1.807, 2.05) is 0 Å². The summed E-state index contributed by atoms with van der Waals surface area (Å²) < 4.78 is 48.6. The molecule has 138 valence electrons. The number of pyridine rings is 1. The van der Waals surface area contributed by atoms with Gasteiger partial charge in [0.25, 0.3) is 5.69 Å². The second kappa shape index (κ2) is 6.95. The molecule has 1 aromatic carbocycles. The highest BCUT2D eigenvalue weighted by Crippen LogP contribution is 2.38. The highest BCUT2D eigenvalue weighted by atomic mass is 19.4. The summed E-state index contributed by atoms with van der Waals surface area (Å²) >= 11 is 0. The molecule has 0 saturated carbocycles. The molecule has 0 unspecified atom stereocenters.